The summed E-state index contributed by atoms with van der Waals surface area (Å²) in [5, 5.41) is 9.10. The van der Waals surface area contributed by atoms with Crippen LogP contribution in [0.3, 0.4) is 0 Å². The lowest BCUT2D eigenvalue weighted by Gasteiger charge is -2.20. The van der Waals surface area contributed by atoms with Gasteiger partial charge in [0, 0.05) is 19.2 Å². The van der Waals surface area contributed by atoms with Crippen LogP contribution in [0.1, 0.15) is 15.9 Å². The minimum atomic E-state index is -1.07. The van der Waals surface area contributed by atoms with Crippen LogP contribution < -0.4 is 15.4 Å². The molecule has 6 nitrogen and oxygen atoms in total. The quantitative estimate of drug-likeness (QED) is 0.874. The first-order chi connectivity index (χ1) is 10.0. The maximum absolute atomic E-state index is 11.1. The van der Waals surface area contributed by atoms with E-state index in [9.17, 15) is 4.79 Å². The number of rotatable bonds is 5. The Hall–Kier alpha value is -2.76. The number of carboxylic acids is 1. The van der Waals surface area contributed by atoms with E-state index in [1.807, 2.05) is 36.2 Å². The molecule has 0 saturated heterocycles. The molecule has 0 amide bonds. The highest BCUT2D eigenvalue weighted by molar-refractivity contribution is 5.94. The second-order valence-electron chi connectivity index (χ2n) is 4.60. The van der Waals surface area contributed by atoms with Crippen LogP contribution in [0.15, 0.2) is 36.5 Å². The first kappa shape index (κ1) is 14.6. The molecule has 1 aromatic carbocycles. The van der Waals surface area contributed by atoms with Crippen molar-refractivity contribution in [3.05, 3.63) is 47.7 Å². The zero-order chi connectivity index (χ0) is 15.4. The average Bonchev–Trinajstić information content (AvgIpc) is 2.47. The van der Waals surface area contributed by atoms with Crippen LogP contribution in [-0.4, -0.2) is 30.2 Å². The third-order valence-electron chi connectivity index (χ3n) is 3.14. The molecule has 0 atom stereocenters. The molecular weight excluding hydrogens is 270 g/mol. The third-order valence-corrected chi connectivity index (χ3v) is 3.14. The number of nitrogens with two attached hydrogens (primary N) is 1. The molecule has 0 aliphatic rings. The summed E-state index contributed by atoms with van der Waals surface area (Å²) < 4.78 is 5.30. The van der Waals surface area contributed by atoms with Gasteiger partial charge >= 0.3 is 5.97 Å². The summed E-state index contributed by atoms with van der Waals surface area (Å²) in [4.78, 5) is 17.1. The molecule has 0 aliphatic heterocycles. The number of aromatic nitrogens is 1. The molecule has 6 heteroatoms. The minimum absolute atomic E-state index is 0.0480. The molecule has 0 saturated carbocycles. The summed E-state index contributed by atoms with van der Waals surface area (Å²) in [6, 6.07) is 9.11. The Morgan fingerprint density at radius 3 is 2.81 bits per heavy atom. The van der Waals surface area contributed by atoms with E-state index >= 15 is 0 Å². The maximum atomic E-state index is 11.1. The molecule has 3 N–H and O–H groups in total. The van der Waals surface area contributed by atoms with Crippen molar-refractivity contribution < 1.29 is 14.6 Å². The van der Waals surface area contributed by atoms with Crippen molar-refractivity contribution in [1.82, 2.24) is 4.98 Å². The smallest absolute Gasteiger partial charge is 0.337 e. The average molecular weight is 287 g/mol. The molecule has 1 heterocycles. The molecule has 21 heavy (non-hydrogen) atoms. The van der Waals surface area contributed by atoms with Crippen molar-refractivity contribution in [3.8, 4) is 5.75 Å². The number of para-hydroxylation sites is 1. The van der Waals surface area contributed by atoms with Crippen molar-refractivity contribution in [2.75, 3.05) is 24.8 Å². The molecule has 0 aliphatic carbocycles. The second kappa shape index (κ2) is 6.13. The summed E-state index contributed by atoms with van der Waals surface area (Å²) in [6.07, 6.45) is 1.36. The predicted octanol–water partition coefficient (Wildman–Crippen LogP) is 2.01. The normalized spacial score (nSPS) is 10.2. The van der Waals surface area contributed by atoms with Gasteiger partial charge in [-0.3, -0.25) is 0 Å². The Bertz CT molecular complexity index is 658. The Morgan fingerprint density at radius 2 is 2.14 bits per heavy atom. The topological polar surface area (TPSA) is 88.7 Å². The van der Waals surface area contributed by atoms with Gasteiger partial charge in [-0.1, -0.05) is 18.2 Å². The van der Waals surface area contributed by atoms with Gasteiger partial charge in [-0.15, -0.1) is 0 Å². The van der Waals surface area contributed by atoms with Gasteiger partial charge in [0.15, 0.2) is 0 Å². The van der Waals surface area contributed by atoms with E-state index in [1.165, 1.54) is 12.3 Å². The van der Waals surface area contributed by atoms with Crippen molar-refractivity contribution >= 4 is 17.5 Å². The fourth-order valence-corrected chi connectivity index (χ4v) is 2.02. The number of benzene rings is 1. The largest absolute Gasteiger partial charge is 0.496 e. The Kier molecular flexibility index (Phi) is 4.27. The van der Waals surface area contributed by atoms with Crippen LogP contribution in [0.4, 0.5) is 11.5 Å². The standard InChI is InChI=1S/C15H17N3O3/c1-18(9-10-5-3-4-6-13(10)21-2)14-7-11(15(19)20)12(16)8-17-14/h3-8H,9,16H2,1-2H3,(H,19,20). The number of anilines is 2. The van der Waals surface area contributed by atoms with Gasteiger partial charge in [0.25, 0.3) is 0 Å². The molecule has 0 radical (unpaired) electrons. The SMILES string of the molecule is COc1ccccc1CN(C)c1cc(C(=O)O)c(N)cn1. The zero-order valence-electron chi connectivity index (χ0n) is 11.9. The number of methoxy groups -OCH3 is 1. The fourth-order valence-electron chi connectivity index (χ4n) is 2.02. The van der Waals surface area contributed by atoms with E-state index in [1.54, 1.807) is 7.11 Å². The molecule has 0 unspecified atom stereocenters. The molecule has 2 aromatic rings. The highest BCUT2D eigenvalue weighted by Gasteiger charge is 2.13. The van der Waals surface area contributed by atoms with E-state index in [-0.39, 0.29) is 11.3 Å². The van der Waals surface area contributed by atoms with E-state index < -0.39 is 5.97 Å². The number of nitrogens with zero attached hydrogens (tertiary/aromatic N) is 2. The fraction of sp³-hybridized carbons (Fsp3) is 0.200. The van der Waals surface area contributed by atoms with Crippen molar-refractivity contribution in [2.24, 2.45) is 0 Å². The number of hydrogen-bond donors (Lipinski definition) is 2. The molecule has 1 aromatic heterocycles. The van der Waals surface area contributed by atoms with Crippen molar-refractivity contribution in [1.29, 1.82) is 0 Å². The monoisotopic (exact) mass is 287 g/mol. The van der Waals surface area contributed by atoms with Gasteiger partial charge in [-0.2, -0.15) is 0 Å². The second-order valence-corrected chi connectivity index (χ2v) is 4.60. The van der Waals surface area contributed by atoms with Crippen LogP contribution in [-0.2, 0) is 6.54 Å². The van der Waals surface area contributed by atoms with E-state index in [0.29, 0.717) is 12.4 Å². The number of carbonyl (C=O) groups is 1. The summed E-state index contributed by atoms with van der Waals surface area (Å²) in [6.45, 7) is 0.542. The lowest BCUT2D eigenvalue weighted by atomic mass is 10.2. The lowest BCUT2D eigenvalue weighted by Crippen LogP contribution is -2.19. The van der Waals surface area contributed by atoms with Crippen LogP contribution in [0.25, 0.3) is 0 Å². The summed E-state index contributed by atoms with van der Waals surface area (Å²) in [5.74, 6) is 0.243. The van der Waals surface area contributed by atoms with Crippen molar-refractivity contribution in [2.45, 2.75) is 6.54 Å². The summed E-state index contributed by atoms with van der Waals surface area (Å²) in [5.41, 5.74) is 6.79. The third kappa shape index (κ3) is 3.22. The highest BCUT2D eigenvalue weighted by atomic mass is 16.5. The number of pyridine rings is 1. The number of nitrogen functional groups attached to an aromatic ring is 1. The number of carboxylic acid groups (broad SMARTS) is 1. The number of ether oxygens (including phenoxy) is 1. The Morgan fingerprint density at radius 1 is 1.43 bits per heavy atom. The van der Waals surface area contributed by atoms with E-state index in [4.69, 9.17) is 15.6 Å². The van der Waals surface area contributed by atoms with E-state index in [0.717, 1.165) is 11.3 Å². The van der Waals surface area contributed by atoms with Gasteiger partial charge < -0.3 is 20.5 Å². The molecule has 2 rings (SSSR count). The van der Waals surface area contributed by atoms with Gasteiger partial charge in [0.1, 0.15) is 11.6 Å². The van der Waals surface area contributed by atoms with Crippen LogP contribution in [0.2, 0.25) is 0 Å². The van der Waals surface area contributed by atoms with Gasteiger partial charge in [0.05, 0.1) is 24.6 Å². The molecule has 0 fully saturated rings. The first-order valence-corrected chi connectivity index (χ1v) is 6.34. The predicted molar refractivity (Wildman–Crippen MR) is 80.7 cm³/mol. The highest BCUT2D eigenvalue weighted by Crippen LogP contribution is 2.23. The van der Waals surface area contributed by atoms with Crippen molar-refractivity contribution in [3.63, 3.8) is 0 Å². The van der Waals surface area contributed by atoms with Gasteiger partial charge in [-0.25, -0.2) is 9.78 Å². The van der Waals surface area contributed by atoms with Crippen LogP contribution in [0.5, 0.6) is 5.75 Å². The van der Waals surface area contributed by atoms with Gasteiger partial charge in [0.2, 0.25) is 0 Å². The zero-order valence-corrected chi connectivity index (χ0v) is 11.9. The molecule has 110 valence electrons. The molecule has 0 bridgehead atoms. The molecule has 0 spiro atoms. The molecular formula is C15H17N3O3. The minimum Gasteiger partial charge on any atom is -0.496 e. The number of hydrogen-bond acceptors (Lipinski definition) is 5. The summed E-state index contributed by atoms with van der Waals surface area (Å²) in [7, 11) is 3.44. The van der Waals surface area contributed by atoms with Crippen LogP contribution >= 0.6 is 0 Å². The Balaban J connectivity index is 2.26. The van der Waals surface area contributed by atoms with Gasteiger partial charge in [-0.05, 0) is 12.1 Å². The Labute approximate surface area is 122 Å². The summed E-state index contributed by atoms with van der Waals surface area (Å²) >= 11 is 0. The lowest BCUT2D eigenvalue weighted by molar-refractivity contribution is 0.0698. The number of aromatic carboxylic acids is 1. The maximum Gasteiger partial charge on any atom is 0.337 e. The first-order valence-electron chi connectivity index (χ1n) is 6.34. The van der Waals surface area contributed by atoms with Crippen LogP contribution in [0, 0.1) is 0 Å². The van der Waals surface area contributed by atoms with E-state index in [2.05, 4.69) is 4.98 Å².